The SMILES string of the molecule is COc1ccc[n+](C(c2ccccc2)(c2ccccc2)c2ccccc2)c1OC. The van der Waals surface area contributed by atoms with Gasteiger partial charge in [0.25, 0.3) is 0 Å². The molecule has 3 heteroatoms. The number of methoxy groups -OCH3 is 2. The van der Waals surface area contributed by atoms with Crippen LogP contribution in [0.3, 0.4) is 0 Å². The summed E-state index contributed by atoms with van der Waals surface area (Å²) in [6, 6.07) is 35.4. The summed E-state index contributed by atoms with van der Waals surface area (Å²) in [5.41, 5.74) is 2.76. The molecule has 0 aliphatic rings. The zero-order valence-electron chi connectivity index (χ0n) is 16.7. The Kier molecular flexibility index (Phi) is 5.30. The maximum absolute atomic E-state index is 5.88. The maximum atomic E-state index is 5.88. The molecule has 0 radical (unpaired) electrons. The molecule has 0 bridgehead atoms. The van der Waals surface area contributed by atoms with Crippen molar-refractivity contribution in [3.05, 3.63) is 126 Å². The van der Waals surface area contributed by atoms with Crippen LogP contribution >= 0.6 is 0 Å². The number of hydrogen-bond donors (Lipinski definition) is 0. The van der Waals surface area contributed by atoms with Crippen molar-refractivity contribution in [3.63, 3.8) is 0 Å². The minimum Gasteiger partial charge on any atom is -0.488 e. The van der Waals surface area contributed by atoms with Crippen molar-refractivity contribution < 1.29 is 14.0 Å². The Hall–Kier alpha value is -3.59. The third kappa shape index (κ3) is 3.15. The molecule has 0 amide bonds. The van der Waals surface area contributed by atoms with Gasteiger partial charge in [-0.3, -0.25) is 0 Å². The summed E-state index contributed by atoms with van der Waals surface area (Å²) < 4.78 is 13.7. The first-order valence-electron chi connectivity index (χ1n) is 9.62. The molecular weight excluding hydrogens is 358 g/mol. The molecule has 1 aromatic heterocycles. The van der Waals surface area contributed by atoms with Crippen LogP contribution in [0.5, 0.6) is 11.6 Å². The highest BCUT2D eigenvalue weighted by molar-refractivity contribution is 5.47. The average molecular weight is 382 g/mol. The number of pyridine rings is 1. The number of nitrogens with zero attached hydrogens (tertiary/aromatic N) is 1. The van der Waals surface area contributed by atoms with Crippen LogP contribution in [0.1, 0.15) is 16.7 Å². The van der Waals surface area contributed by atoms with Crippen LogP contribution in [-0.4, -0.2) is 14.2 Å². The van der Waals surface area contributed by atoms with Gasteiger partial charge in [-0.15, -0.1) is 4.57 Å². The summed E-state index contributed by atoms with van der Waals surface area (Å²) in [6.45, 7) is 0. The molecule has 0 saturated carbocycles. The molecule has 0 saturated heterocycles. The smallest absolute Gasteiger partial charge is 0.412 e. The predicted octanol–water partition coefficient (Wildman–Crippen LogP) is 4.83. The molecule has 0 fully saturated rings. The van der Waals surface area contributed by atoms with Crippen LogP contribution in [0.2, 0.25) is 0 Å². The second kappa shape index (κ2) is 8.19. The van der Waals surface area contributed by atoms with Crippen molar-refractivity contribution in [2.75, 3.05) is 14.2 Å². The van der Waals surface area contributed by atoms with Crippen molar-refractivity contribution in [1.29, 1.82) is 0 Å². The second-order valence-electron chi connectivity index (χ2n) is 6.76. The Morgan fingerprint density at radius 3 is 1.38 bits per heavy atom. The number of rotatable bonds is 6. The Bertz CT molecular complexity index is 967. The van der Waals surface area contributed by atoms with Gasteiger partial charge >= 0.3 is 5.88 Å². The highest BCUT2D eigenvalue weighted by Crippen LogP contribution is 2.39. The van der Waals surface area contributed by atoms with Gasteiger partial charge in [0.2, 0.25) is 11.3 Å². The van der Waals surface area contributed by atoms with E-state index >= 15 is 0 Å². The number of benzene rings is 3. The lowest BCUT2D eigenvalue weighted by Crippen LogP contribution is -2.59. The maximum Gasteiger partial charge on any atom is 0.412 e. The highest BCUT2D eigenvalue weighted by Gasteiger charge is 2.48. The summed E-state index contributed by atoms with van der Waals surface area (Å²) in [7, 11) is 3.34. The van der Waals surface area contributed by atoms with Crippen molar-refractivity contribution in [2.45, 2.75) is 5.54 Å². The van der Waals surface area contributed by atoms with E-state index in [1.165, 1.54) is 0 Å². The second-order valence-corrected chi connectivity index (χ2v) is 6.76. The molecule has 29 heavy (non-hydrogen) atoms. The zero-order chi connectivity index (χ0) is 20.1. The van der Waals surface area contributed by atoms with Crippen LogP contribution in [0, 0.1) is 0 Å². The molecular formula is C26H24NO2+. The monoisotopic (exact) mass is 382 g/mol. The van der Waals surface area contributed by atoms with Gasteiger partial charge in [-0.2, -0.15) is 0 Å². The third-order valence-corrected chi connectivity index (χ3v) is 5.26. The minimum atomic E-state index is -0.635. The quantitative estimate of drug-likeness (QED) is 0.352. The molecule has 1 heterocycles. The Morgan fingerprint density at radius 1 is 0.552 bits per heavy atom. The van der Waals surface area contributed by atoms with Crippen molar-refractivity contribution in [2.24, 2.45) is 0 Å². The van der Waals surface area contributed by atoms with E-state index in [1.807, 2.05) is 36.5 Å². The van der Waals surface area contributed by atoms with Gasteiger partial charge in [0.1, 0.15) is 0 Å². The normalized spacial score (nSPS) is 11.1. The molecule has 0 N–H and O–H groups in total. The molecule has 0 aliphatic carbocycles. The van der Waals surface area contributed by atoms with Crippen LogP contribution in [0.25, 0.3) is 0 Å². The fraction of sp³-hybridized carbons (Fsp3) is 0.115. The van der Waals surface area contributed by atoms with E-state index in [-0.39, 0.29) is 0 Å². The molecule has 4 rings (SSSR count). The average Bonchev–Trinajstić information content (AvgIpc) is 2.81. The largest absolute Gasteiger partial charge is 0.488 e. The van der Waals surface area contributed by atoms with Gasteiger partial charge in [-0.05, 0) is 6.07 Å². The van der Waals surface area contributed by atoms with Gasteiger partial charge in [-0.1, -0.05) is 91.0 Å². The first-order chi connectivity index (χ1) is 14.3. The molecule has 0 spiro atoms. The van der Waals surface area contributed by atoms with E-state index in [0.717, 1.165) is 16.7 Å². The molecule has 3 nitrogen and oxygen atoms in total. The van der Waals surface area contributed by atoms with Crippen LogP contribution in [-0.2, 0) is 5.54 Å². The van der Waals surface area contributed by atoms with E-state index in [2.05, 4.69) is 77.4 Å². The number of ether oxygens (including phenoxy) is 2. The van der Waals surface area contributed by atoms with Crippen LogP contribution in [0.4, 0.5) is 0 Å². The molecule has 144 valence electrons. The Balaban J connectivity index is 2.19. The van der Waals surface area contributed by atoms with Gasteiger partial charge in [0.15, 0.2) is 6.20 Å². The molecule has 0 atom stereocenters. The first-order valence-corrected chi connectivity index (χ1v) is 9.62. The summed E-state index contributed by atoms with van der Waals surface area (Å²) in [4.78, 5) is 0. The first kappa shape index (κ1) is 18.8. The third-order valence-electron chi connectivity index (χ3n) is 5.26. The number of aromatic nitrogens is 1. The Labute approximate surface area is 171 Å². The lowest BCUT2D eigenvalue weighted by Gasteiger charge is -2.31. The van der Waals surface area contributed by atoms with Crippen molar-refractivity contribution >= 4 is 0 Å². The van der Waals surface area contributed by atoms with E-state index < -0.39 is 5.54 Å². The van der Waals surface area contributed by atoms with E-state index in [1.54, 1.807) is 14.2 Å². The lowest BCUT2D eigenvalue weighted by atomic mass is 9.76. The standard InChI is InChI=1S/C26H24NO2/c1-28-24-19-12-20-27(25(24)29-2)26(21-13-6-3-7-14-21,22-15-8-4-9-16-22)23-17-10-5-11-18-23/h3-20H,1-2H3/q+1. The molecule has 0 unspecified atom stereocenters. The van der Waals surface area contributed by atoms with Crippen LogP contribution in [0.15, 0.2) is 109 Å². The van der Waals surface area contributed by atoms with E-state index in [4.69, 9.17) is 9.47 Å². The minimum absolute atomic E-state index is 0.635. The van der Waals surface area contributed by atoms with Gasteiger partial charge in [-0.25, -0.2) is 0 Å². The van der Waals surface area contributed by atoms with Gasteiger partial charge in [0.05, 0.1) is 14.2 Å². The van der Waals surface area contributed by atoms with Crippen molar-refractivity contribution in [1.82, 2.24) is 0 Å². The predicted molar refractivity (Wildman–Crippen MR) is 114 cm³/mol. The molecule has 0 aliphatic heterocycles. The van der Waals surface area contributed by atoms with E-state index in [9.17, 15) is 0 Å². The molecule has 4 aromatic rings. The van der Waals surface area contributed by atoms with Crippen LogP contribution < -0.4 is 14.0 Å². The summed E-state index contributed by atoms with van der Waals surface area (Å²) in [6.07, 6.45) is 2.05. The topological polar surface area (TPSA) is 22.3 Å². The fourth-order valence-electron chi connectivity index (χ4n) is 4.05. The molecule has 3 aromatic carbocycles. The zero-order valence-corrected chi connectivity index (χ0v) is 16.7. The Morgan fingerprint density at radius 2 is 1.00 bits per heavy atom. The fourth-order valence-corrected chi connectivity index (χ4v) is 4.05. The summed E-state index contributed by atoms with van der Waals surface area (Å²) in [5, 5.41) is 0. The van der Waals surface area contributed by atoms with Crippen molar-refractivity contribution in [3.8, 4) is 11.6 Å². The highest BCUT2D eigenvalue weighted by atomic mass is 16.5. The van der Waals surface area contributed by atoms with Gasteiger partial charge in [0, 0.05) is 22.8 Å². The van der Waals surface area contributed by atoms with E-state index in [0.29, 0.717) is 11.6 Å². The lowest BCUT2D eigenvalue weighted by molar-refractivity contribution is -0.738. The summed E-state index contributed by atoms with van der Waals surface area (Å²) >= 11 is 0. The number of hydrogen-bond acceptors (Lipinski definition) is 2. The summed E-state index contributed by atoms with van der Waals surface area (Å²) in [5.74, 6) is 1.34. The van der Waals surface area contributed by atoms with Gasteiger partial charge < -0.3 is 9.47 Å².